The first-order chi connectivity index (χ1) is 8.99. The molecule has 6 heteroatoms. The first kappa shape index (κ1) is 13.4. The van der Waals surface area contributed by atoms with Gasteiger partial charge in [-0.1, -0.05) is 0 Å². The molecule has 0 spiro atoms. The molecule has 2 heterocycles. The molecule has 0 radical (unpaired) electrons. The van der Waals surface area contributed by atoms with Crippen molar-refractivity contribution >= 4 is 5.97 Å². The molecule has 0 atom stereocenters. The Morgan fingerprint density at radius 1 is 1.42 bits per heavy atom. The maximum absolute atomic E-state index is 10.8. The van der Waals surface area contributed by atoms with E-state index < -0.39 is 5.97 Å². The Morgan fingerprint density at radius 3 is 2.63 bits per heavy atom. The molecule has 102 valence electrons. The van der Waals surface area contributed by atoms with Crippen molar-refractivity contribution in [1.29, 1.82) is 0 Å². The summed E-state index contributed by atoms with van der Waals surface area (Å²) in [5, 5.41) is 16.3. The Morgan fingerprint density at radius 2 is 2.11 bits per heavy atom. The third kappa shape index (κ3) is 2.85. The summed E-state index contributed by atoms with van der Waals surface area (Å²) in [6.07, 6.45) is 1.83. The monoisotopic (exact) mass is 263 g/mol. The van der Waals surface area contributed by atoms with Crippen molar-refractivity contribution in [3.63, 3.8) is 0 Å². The Balaban J connectivity index is 1.96. The van der Waals surface area contributed by atoms with Crippen LogP contribution in [-0.4, -0.2) is 20.9 Å². The summed E-state index contributed by atoms with van der Waals surface area (Å²) in [4.78, 5) is 10.8. The van der Waals surface area contributed by atoms with Crippen LogP contribution in [0.1, 0.15) is 33.1 Å². The molecule has 0 unspecified atom stereocenters. The van der Waals surface area contributed by atoms with Crippen LogP contribution in [0, 0.1) is 13.8 Å². The quantitative estimate of drug-likeness (QED) is 0.856. The molecular weight excluding hydrogens is 246 g/mol. The van der Waals surface area contributed by atoms with Crippen LogP contribution >= 0.6 is 0 Å². The lowest BCUT2D eigenvalue weighted by Crippen LogP contribution is -2.13. The maximum atomic E-state index is 10.8. The van der Waals surface area contributed by atoms with Crippen LogP contribution in [0.4, 0.5) is 0 Å². The number of aromatic carboxylic acids is 1. The Bertz CT molecular complexity index is 598. The molecule has 19 heavy (non-hydrogen) atoms. The van der Waals surface area contributed by atoms with Crippen molar-refractivity contribution in [1.82, 2.24) is 15.1 Å². The fraction of sp³-hybridized carbons (Fsp3) is 0.385. The predicted molar refractivity (Wildman–Crippen MR) is 68.9 cm³/mol. The zero-order valence-corrected chi connectivity index (χ0v) is 11.2. The van der Waals surface area contributed by atoms with Gasteiger partial charge in [-0.2, -0.15) is 5.10 Å². The maximum Gasteiger partial charge on any atom is 0.371 e. The van der Waals surface area contributed by atoms with E-state index in [0.29, 0.717) is 18.8 Å². The molecule has 6 nitrogen and oxygen atoms in total. The fourth-order valence-electron chi connectivity index (χ4n) is 1.85. The van der Waals surface area contributed by atoms with E-state index in [1.807, 2.05) is 24.9 Å². The van der Waals surface area contributed by atoms with Gasteiger partial charge in [-0.05, 0) is 19.9 Å². The molecule has 0 saturated carbocycles. The van der Waals surface area contributed by atoms with Crippen LogP contribution < -0.4 is 5.32 Å². The summed E-state index contributed by atoms with van der Waals surface area (Å²) in [6, 6.07) is 1.56. The van der Waals surface area contributed by atoms with Crippen molar-refractivity contribution in [3.05, 3.63) is 40.6 Å². The van der Waals surface area contributed by atoms with Gasteiger partial charge in [-0.25, -0.2) is 4.79 Å². The molecule has 2 aromatic rings. The minimum absolute atomic E-state index is 0.0214. The largest absolute Gasteiger partial charge is 0.475 e. The first-order valence-corrected chi connectivity index (χ1v) is 6.00. The van der Waals surface area contributed by atoms with Gasteiger partial charge in [0.2, 0.25) is 5.76 Å². The molecular formula is C13H17N3O3. The molecule has 0 bridgehead atoms. The van der Waals surface area contributed by atoms with Gasteiger partial charge in [-0.3, -0.25) is 4.68 Å². The highest BCUT2D eigenvalue weighted by atomic mass is 16.4. The molecule has 2 aromatic heterocycles. The Kier molecular flexibility index (Phi) is 3.71. The van der Waals surface area contributed by atoms with Gasteiger partial charge in [0.1, 0.15) is 5.76 Å². The predicted octanol–water partition coefficient (Wildman–Crippen LogP) is 1.62. The van der Waals surface area contributed by atoms with Crippen LogP contribution in [-0.2, 0) is 20.1 Å². The van der Waals surface area contributed by atoms with E-state index in [1.165, 1.54) is 0 Å². The lowest BCUT2D eigenvalue weighted by molar-refractivity contribution is 0.0661. The highest BCUT2D eigenvalue weighted by Gasteiger charge is 2.12. The summed E-state index contributed by atoms with van der Waals surface area (Å²) in [5.74, 6) is -0.433. The zero-order chi connectivity index (χ0) is 14.0. The van der Waals surface area contributed by atoms with Crippen molar-refractivity contribution < 1.29 is 14.3 Å². The van der Waals surface area contributed by atoms with E-state index in [1.54, 1.807) is 13.0 Å². The molecule has 0 aliphatic rings. The minimum atomic E-state index is -1.04. The third-order valence-electron chi connectivity index (χ3n) is 3.20. The van der Waals surface area contributed by atoms with Gasteiger partial charge in [0, 0.05) is 37.0 Å². The second-order valence-corrected chi connectivity index (χ2v) is 4.48. The van der Waals surface area contributed by atoms with Crippen LogP contribution in [0.3, 0.4) is 0 Å². The summed E-state index contributed by atoms with van der Waals surface area (Å²) >= 11 is 0. The third-order valence-corrected chi connectivity index (χ3v) is 3.20. The zero-order valence-electron chi connectivity index (χ0n) is 11.2. The van der Waals surface area contributed by atoms with Crippen molar-refractivity contribution in [3.8, 4) is 0 Å². The van der Waals surface area contributed by atoms with Gasteiger partial charge in [-0.15, -0.1) is 0 Å². The second kappa shape index (κ2) is 5.27. The summed E-state index contributed by atoms with van der Waals surface area (Å²) in [7, 11) is 1.90. The first-order valence-electron chi connectivity index (χ1n) is 6.00. The number of rotatable bonds is 5. The van der Waals surface area contributed by atoms with Crippen molar-refractivity contribution in [2.45, 2.75) is 26.9 Å². The molecule has 0 aromatic carbocycles. The number of aryl methyl sites for hydroxylation is 2. The van der Waals surface area contributed by atoms with Gasteiger partial charge in [0.25, 0.3) is 0 Å². The minimum Gasteiger partial charge on any atom is -0.475 e. The number of hydrogen-bond donors (Lipinski definition) is 2. The molecule has 0 saturated heterocycles. The lowest BCUT2D eigenvalue weighted by atomic mass is 10.2. The highest BCUT2D eigenvalue weighted by molar-refractivity contribution is 5.84. The molecule has 0 aliphatic carbocycles. The number of carboxylic acids is 1. The topological polar surface area (TPSA) is 80.3 Å². The van der Waals surface area contributed by atoms with Gasteiger partial charge >= 0.3 is 5.97 Å². The highest BCUT2D eigenvalue weighted by Crippen LogP contribution is 2.14. The summed E-state index contributed by atoms with van der Waals surface area (Å²) in [6.45, 7) is 5.03. The van der Waals surface area contributed by atoms with E-state index in [2.05, 4.69) is 10.4 Å². The van der Waals surface area contributed by atoms with Crippen LogP contribution in [0.2, 0.25) is 0 Å². The lowest BCUT2D eigenvalue weighted by Gasteiger charge is -2.03. The molecule has 0 amide bonds. The number of carbonyl (C=O) groups is 1. The van der Waals surface area contributed by atoms with E-state index in [-0.39, 0.29) is 5.76 Å². The summed E-state index contributed by atoms with van der Waals surface area (Å²) < 4.78 is 6.97. The van der Waals surface area contributed by atoms with E-state index >= 15 is 0 Å². The van der Waals surface area contributed by atoms with Gasteiger partial charge in [0.05, 0.1) is 6.20 Å². The normalized spacial score (nSPS) is 10.9. The Labute approximate surface area is 111 Å². The van der Waals surface area contributed by atoms with Gasteiger partial charge < -0.3 is 14.8 Å². The number of nitrogens with zero attached hydrogens (tertiary/aromatic N) is 2. The van der Waals surface area contributed by atoms with Crippen LogP contribution in [0.25, 0.3) is 0 Å². The van der Waals surface area contributed by atoms with E-state index in [4.69, 9.17) is 9.52 Å². The molecule has 0 aliphatic heterocycles. The van der Waals surface area contributed by atoms with Crippen molar-refractivity contribution in [2.75, 3.05) is 0 Å². The standard InChI is InChI=1S/C13H17N3O3/c1-8-11(7-15-16(8)3)6-14-5-10-4-12(13(17)18)19-9(10)2/h4,7,14H,5-6H2,1-3H3,(H,17,18). The van der Waals surface area contributed by atoms with Crippen LogP contribution in [0.5, 0.6) is 0 Å². The number of nitrogens with one attached hydrogen (secondary N) is 1. The number of furan rings is 1. The average Bonchev–Trinajstić information content (AvgIpc) is 2.87. The van der Waals surface area contributed by atoms with E-state index in [0.717, 1.165) is 16.8 Å². The fourth-order valence-corrected chi connectivity index (χ4v) is 1.85. The molecule has 0 fully saturated rings. The number of hydrogen-bond acceptors (Lipinski definition) is 4. The Hall–Kier alpha value is -2.08. The number of carboxylic acid groups (broad SMARTS) is 1. The SMILES string of the molecule is Cc1oc(C(=O)O)cc1CNCc1cnn(C)c1C. The van der Waals surface area contributed by atoms with E-state index in [9.17, 15) is 4.79 Å². The van der Waals surface area contributed by atoms with Crippen LogP contribution in [0.15, 0.2) is 16.7 Å². The molecule has 2 N–H and O–H groups in total. The smallest absolute Gasteiger partial charge is 0.371 e. The van der Waals surface area contributed by atoms with Gasteiger partial charge in [0.15, 0.2) is 0 Å². The number of aromatic nitrogens is 2. The second-order valence-electron chi connectivity index (χ2n) is 4.48. The summed E-state index contributed by atoms with van der Waals surface area (Å²) in [5.41, 5.74) is 3.10. The molecule has 2 rings (SSSR count). The average molecular weight is 263 g/mol. The van der Waals surface area contributed by atoms with Crippen molar-refractivity contribution in [2.24, 2.45) is 7.05 Å².